The minimum atomic E-state index is -0.966. The lowest BCUT2D eigenvalue weighted by atomic mass is 9.74. The number of carbonyl (C=O) groups is 1. The van der Waals surface area contributed by atoms with Gasteiger partial charge in [-0.3, -0.25) is 4.79 Å². The highest BCUT2D eigenvalue weighted by molar-refractivity contribution is 5.72. The van der Waals surface area contributed by atoms with Crippen LogP contribution in [0.3, 0.4) is 0 Å². The summed E-state index contributed by atoms with van der Waals surface area (Å²) in [5, 5.41) is 9.24. The molecule has 0 amide bonds. The molecule has 5 heteroatoms. The highest BCUT2D eigenvalue weighted by Crippen LogP contribution is 2.62. The average molecular weight is 268 g/mol. The van der Waals surface area contributed by atoms with Gasteiger partial charge in [-0.05, 0) is 18.9 Å². The van der Waals surface area contributed by atoms with Crippen molar-refractivity contribution in [3.63, 3.8) is 0 Å². The molecule has 1 heterocycles. The molecule has 19 heavy (non-hydrogen) atoms. The molecule has 1 N–H and O–H groups in total. The van der Waals surface area contributed by atoms with Crippen molar-refractivity contribution in [1.82, 2.24) is 0 Å². The zero-order valence-corrected chi connectivity index (χ0v) is 10.5. The molecule has 1 fully saturated rings. The van der Waals surface area contributed by atoms with Gasteiger partial charge < -0.3 is 9.84 Å². The van der Waals surface area contributed by atoms with E-state index in [1.807, 2.05) is 0 Å². The molecule has 0 aromatic heterocycles. The van der Waals surface area contributed by atoms with Gasteiger partial charge in [-0.25, -0.2) is 8.78 Å². The van der Waals surface area contributed by atoms with Crippen LogP contribution >= 0.6 is 0 Å². The number of aliphatic carboxylic acids is 1. The predicted molar refractivity (Wildman–Crippen MR) is 63.1 cm³/mol. The van der Waals surface area contributed by atoms with Crippen LogP contribution in [-0.2, 0) is 4.79 Å². The monoisotopic (exact) mass is 268 g/mol. The molecule has 3 rings (SSSR count). The normalized spacial score (nSPS) is 24.5. The second kappa shape index (κ2) is 3.92. The van der Waals surface area contributed by atoms with Gasteiger partial charge in [0.15, 0.2) is 11.6 Å². The fourth-order valence-corrected chi connectivity index (χ4v) is 3.11. The van der Waals surface area contributed by atoms with E-state index in [0.717, 1.165) is 25.0 Å². The highest BCUT2D eigenvalue weighted by atomic mass is 19.2. The quantitative estimate of drug-likeness (QED) is 0.897. The molecule has 102 valence electrons. The molecule has 1 aliphatic carbocycles. The molecule has 1 aliphatic heterocycles. The van der Waals surface area contributed by atoms with Crippen LogP contribution in [0.1, 0.15) is 31.2 Å². The number of benzene rings is 1. The Kier molecular flexibility index (Phi) is 2.56. The van der Waals surface area contributed by atoms with E-state index in [2.05, 4.69) is 0 Å². The third-order valence-electron chi connectivity index (χ3n) is 4.34. The van der Waals surface area contributed by atoms with Crippen LogP contribution < -0.4 is 4.74 Å². The van der Waals surface area contributed by atoms with E-state index in [9.17, 15) is 18.7 Å². The summed E-state index contributed by atoms with van der Waals surface area (Å²) in [5.74, 6) is -3.53. The van der Waals surface area contributed by atoms with E-state index in [0.29, 0.717) is 12.2 Å². The zero-order valence-electron chi connectivity index (χ0n) is 10.5. The maximum atomic E-state index is 13.4. The molecule has 3 nitrogen and oxygen atoms in total. The molecule has 1 spiro atoms. The number of carboxylic acid groups (broad SMARTS) is 1. The van der Waals surface area contributed by atoms with Gasteiger partial charge in [0.25, 0.3) is 0 Å². The number of rotatable bonds is 2. The maximum Gasteiger partial charge on any atom is 0.306 e. The lowest BCUT2D eigenvalue weighted by molar-refractivity contribution is -0.143. The van der Waals surface area contributed by atoms with Gasteiger partial charge in [-0.15, -0.1) is 0 Å². The molecule has 0 radical (unpaired) electrons. The summed E-state index contributed by atoms with van der Waals surface area (Å²) in [6, 6.07) is 2.11. The molecule has 2 aliphatic rings. The molecule has 0 bridgehead atoms. The van der Waals surface area contributed by atoms with Crippen LogP contribution in [0.15, 0.2) is 12.1 Å². The van der Waals surface area contributed by atoms with Gasteiger partial charge in [0.1, 0.15) is 5.75 Å². The van der Waals surface area contributed by atoms with Crippen molar-refractivity contribution in [2.45, 2.75) is 25.7 Å². The largest absolute Gasteiger partial charge is 0.493 e. The van der Waals surface area contributed by atoms with Crippen molar-refractivity contribution in [2.75, 3.05) is 6.61 Å². The van der Waals surface area contributed by atoms with Crippen molar-refractivity contribution < 1.29 is 23.4 Å². The van der Waals surface area contributed by atoms with E-state index >= 15 is 0 Å². The Morgan fingerprint density at radius 3 is 2.63 bits per heavy atom. The third-order valence-corrected chi connectivity index (χ3v) is 4.34. The third kappa shape index (κ3) is 1.79. The summed E-state index contributed by atoms with van der Waals surface area (Å²) in [7, 11) is 0. The number of carboxylic acids is 1. The van der Waals surface area contributed by atoms with Crippen molar-refractivity contribution in [1.29, 1.82) is 0 Å². The van der Waals surface area contributed by atoms with Gasteiger partial charge >= 0.3 is 5.97 Å². The summed E-state index contributed by atoms with van der Waals surface area (Å²) in [4.78, 5) is 11.3. The summed E-state index contributed by atoms with van der Waals surface area (Å²) in [6.45, 7) is 2.00. The fourth-order valence-electron chi connectivity index (χ4n) is 3.11. The van der Waals surface area contributed by atoms with Crippen LogP contribution in [0.4, 0.5) is 8.78 Å². The Morgan fingerprint density at radius 1 is 1.42 bits per heavy atom. The lowest BCUT2D eigenvalue weighted by Gasteiger charge is -2.36. The number of fused-ring (bicyclic) bond motifs is 1. The van der Waals surface area contributed by atoms with Gasteiger partial charge in [-0.2, -0.15) is 0 Å². The summed E-state index contributed by atoms with van der Waals surface area (Å²) in [5.41, 5.74) is 0.271. The van der Waals surface area contributed by atoms with E-state index in [4.69, 9.17) is 4.74 Å². The number of hydrogen-bond acceptors (Lipinski definition) is 2. The second-order valence-corrected chi connectivity index (χ2v) is 5.56. The second-order valence-electron chi connectivity index (χ2n) is 5.56. The minimum absolute atomic E-state index is 0.213. The summed E-state index contributed by atoms with van der Waals surface area (Å²) in [6.07, 6.45) is 1.74. The zero-order chi connectivity index (χ0) is 13.8. The summed E-state index contributed by atoms with van der Waals surface area (Å²) < 4.78 is 32.2. The molecule has 1 saturated carbocycles. The van der Waals surface area contributed by atoms with Crippen molar-refractivity contribution in [3.8, 4) is 5.75 Å². The maximum absolute atomic E-state index is 13.4. The van der Waals surface area contributed by atoms with Crippen molar-refractivity contribution in [3.05, 3.63) is 29.3 Å². The molecule has 1 unspecified atom stereocenters. The molecule has 0 saturated heterocycles. The Labute approximate surface area is 109 Å². The standard InChI is InChI=1S/C14H14F2O3/c1-7(13(17)18)12-8-4-9(15)10(16)5-11(8)19-6-14(12)2-3-14/h4-5,7,12H,2-3,6H2,1H3,(H,17,18)/t7-,12?/m0/s1. The Morgan fingerprint density at radius 2 is 2.05 bits per heavy atom. The lowest BCUT2D eigenvalue weighted by Crippen LogP contribution is -2.34. The van der Waals surface area contributed by atoms with Gasteiger partial charge in [0, 0.05) is 23.0 Å². The number of halogens is 2. The van der Waals surface area contributed by atoms with E-state index < -0.39 is 23.5 Å². The Bertz CT molecular complexity index is 552. The van der Waals surface area contributed by atoms with Crippen LogP contribution in [0.5, 0.6) is 5.75 Å². The van der Waals surface area contributed by atoms with Crippen LogP contribution in [-0.4, -0.2) is 17.7 Å². The van der Waals surface area contributed by atoms with Gasteiger partial charge in [0.2, 0.25) is 0 Å². The van der Waals surface area contributed by atoms with Crippen LogP contribution in [0.2, 0.25) is 0 Å². The Balaban J connectivity index is 2.11. The van der Waals surface area contributed by atoms with Gasteiger partial charge in [0.05, 0.1) is 12.5 Å². The Hall–Kier alpha value is -1.65. The van der Waals surface area contributed by atoms with Crippen LogP contribution in [0.25, 0.3) is 0 Å². The molecule has 2 atom stereocenters. The van der Waals surface area contributed by atoms with Crippen molar-refractivity contribution >= 4 is 5.97 Å². The SMILES string of the molecule is C[C@H](C(=O)O)C1c2cc(F)c(F)cc2OCC12CC2. The molecular formula is C14H14F2O3. The first-order valence-electron chi connectivity index (χ1n) is 6.29. The minimum Gasteiger partial charge on any atom is -0.493 e. The van der Waals surface area contributed by atoms with E-state index in [1.54, 1.807) is 6.92 Å². The topological polar surface area (TPSA) is 46.5 Å². The molecule has 1 aromatic rings. The van der Waals surface area contributed by atoms with Gasteiger partial charge in [-0.1, -0.05) is 6.92 Å². The predicted octanol–water partition coefficient (Wildman–Crippen LogP) is 2.94. The van der Waals surface area contributed by atoms with E-state index in [1.165, 1.54) is 0 Å². The first-order valence-corrected chi connectivity index (χ1v) is 6.29. The molecule has 1 aromatic carbocycles. The smallest absolute Gasteiger partial charge is 0.306 e. The highest BCUT2D eigenvalue weighted by Gasteiger charge is 2.56. The number of hydrogen-bond donors (Lipinski definition) is 1. The first kappa shape index (κ1) is 12.4. The van der Waals surface area contributed by atoms with E-state index in [-0.39, 0.29) is 17.1 Å². The molecular weight excluding hydrogens is 254 g/mol. The van der Waals surface area contributed by atoms with Crippen LogP contribution in [0, 0.1) is 23.0 Å². The average Bonchev–Trinajstić information content (AvgIpc) is 3.11. The summed E-state index contributed by atoms with van der Waals surface area (Å²) >= 11 is 0. The first-order chi connectivity index (χ1) is 8.94. The number of ether oxygens (including phenoxy) is 1. The van der Waals surface area contributed by atoms with Crippen molar-refractivity contribution in [2.24, 2.45) is 11.3 Å². The fraction of sp³-hybridized carbons (Fsp3) is 0.500.